The molecule has 2 aromatic heterocycles. The molecule has 82 valence electrons. The fraction of sp³-hybridized carbons (Fsp3) is 0.333. The Kier molecular flexibility index (Phi) is 2.68. The van der Waals surface area contributed by atoms with Gasteiger partial charge >= 0.3 is 0 Å². The van der Waals surface area contributed by atoms with Gasteiger partial charge in [0.15, 0.2) is 0 Å². The highest BCUT2D eigenvalue weighted by Gasteiger charge is 2.20. The maximum absolute atomic E-state index is 4.45. The first-order chi connectivity index (χ1) is 7.92. The van der Waals surface area contributed by atoms with Crippen LogP contribution in [0.4, 0.5) is 0 Å². The summed E-state index contributed by atoms with van der Waals surface area (Å²) in [6.07, 6.45) is 6.29. The van der Waals surface area contributed by atoms with Crippen LogP contribution in [-0.2, 0) is 6.54 Å². The largest absolute Gasteiger partial charge is 0.309 e. The van der Waals surface area contributed by atoms with Gasteiger partial charge < -0.3 is 5.32 Å². The predicted octanol–water partition coefficient (Wildman–Crippen LogP) is 2.46. The number of hydrogen-bond donors (Lipinski definition) is 1. The second kappa shape index (κ2) is 4.31. The summed E-state index contributed by atoms with van der Waals surface area (Å²) < 4.78 is 4.45. The van der Waals surface area contributed by atoms with Crippen molar-refractivity contribution in [3.8, 4) is 11.3 Å². The van der Waals surface area contributed by atoms with Crippen LogP contribution in [0.2, 0.25) is 0 Å². The van der Waals surface area contributed by atoms with Crippen molar-refractivity contribution < 1.29 is 0 Å². The molecule has 3 rings (SSSR count). The molecule has 0 atom stereocenters. The summed E-state index contributed by atoms with van der Waals surface area (Å²) in [5.74, 6) is 0. The van der Waals surface area contributed by atoms with E-state index in [2.05, 4.69) is 20.7 Å². The molecule has 3 nitrogen and oxygen atoms in total. The zero-order chi connectivity index (χ0) is 10.8. The van der Waals surface area contributed by atoms with Gasteiger partial charge in [-0.15, -0.1) is 0 Å². The third-order valence-electron chi connectivity index (χ3n) is 2.66. The number of aromatic nitrogens is 2. The Bertz CT molecular complexity index is 462. The zero-order valence-electron chi connectivity index (χ0n) is 8.89. The van der Waals surface area contributed by atoms with E-state index in [1.807, 2.05) is 18.3 Å². The van der Waals surface area contributed by atoms with E-state index in [9.17, 15) is 0 Å². The molecule has 1 aliphatic carbocycles. The van der Waals surface area contributed by atoms with Crippen LogP contribution in [0.25, 0.3) is 11.3 Å². The van der Waals surface area contributed by atoms with Crippen molar-refractivity contribution in [2.24, 2.45) is 0 Å². The Morgan fingerprint density at radius 3 is 3.12 bits per heavy atom. The van der Waals surface area contributed by atoms with Crippen LogP contribution in [0.5, 0.6) is 0 Å². The Balaban J connectivity index is 1.71. The number of pyridine rings is 1. The topological polar surface area (TPSA) is 37.8 Å². The molecule has 2 aromatic rings. The van der Waals surface area contributed by atoms with E-state index in [1.165, 1.54) is 17.7 Å². The van der Waals surface area contributed by atoms with E-state index in [1.54, 1.807) is 17.7 Å². The summed E-state index contributed by atoms with van der Waals surface area (Å²) in [6, 6.07) is 6.89. The normalized spacial score (nSPS) is 15.2. The van der Waals surface area contributed by atoms with Crippen molar-refractivity contribution >= 4 is 11.5 Å². The summed E-state index contributed by atoms with van der Waals surface area (Å²) in [4.78, 5) is 5.40. The van der Waals surface area contributed by atoms with Crippen LogP contribution < -0.4 is 5.32 Å². The van der Waals surface area contributed by atoms with Gasteiger partial charge in [0.2, 0.25) is 0 Å². The number of rotatable bonds is 4. The third kappa shape index (κ3) is 2.28. The molecule has 0 bridgehead atoms. The molecule has 2 heterocycles. The van der Waals surface area contributed by atoms with Crippen molar-refractivity contribution in [3.63, 3.8) is 0 Å². The van der Waals surface area contributed by atoms with Crippen LogP contribution in [0.1, 0.15) is 17.7 Å². The second-order valence-electron chi connectivity index (χ2n) is 4.08. The Labute approximate surface area is 98.7 Å². The summed E-state index contributed by atoms with van der Waals surface area (Å²) >= 11 is 1.57. The van der Waals surface area contributed by atoms with Gasteiger partial charge in [0.05, 0.1) is 5.69 Å². The van der Waals surface area contributed by atoms with Gasteiger partial charge in [-0.3, -0.25) is 4.98 Å². The lowest BCUT2D eigenvalue weighted by atomic mass is 10.2. The molecule has 0 spiro atoms. The second-order valence-corrected chi connectivity index (χ2v) is 4.96. The maximum atomic E-state index is 4.45. The van der Waals surface area contributed by atoms with Gasteiger partial charge in [-0.05, 0) is 42.6 Å². The van der Waals surface area contributed by atoms with Crippen LogP contribution in [-0.4, -0.2) is 15.4 Å². The minimum absolute atomic E-state index is 0.754. The maximum Gasteiger partial charge on any atom is 0.0859 e. The average molecular weight is 231 g/mol. The summed E-state index contributed by atoms with van der Waals surface area (Å²) in [6.45, 7) is 0.947. The van der Waals surface area contributed by atoms with E-state index in [0.29, 0.717) is 0 Å². The van der Waals surface area contributed by atoms with Crippen molar-refractivity contribution in [1.82, 2.24) is 14.7 Å². The van der Waals surface area contributed by atoms with E-state index >= 15 is 0 Å². The van der Waals surface area contributed by atoms with Crippen molar-refractivity contribution in [3.05, 3.63) is 35.5 Å². The lowest BCUT2D eigenvalue weighted by molar-refractivity contribution is 0.695. The molecule has 0 radical (unpaired) electrons. The first kappa shape index (κ1) is 9.93. The third-order valence-corrected chi connectivity index (χ3v) is 3.44. The molecule has 1 fully saturated rings. The Morgan fingerprint density at radius 1 is 1.44 bits per heavy atom. The highest BCUT2D eigenvalue weighted by molar-refractivity contribution is 7.06. The molecule has 0 unspecified atom stereocenters. The van der Waals surface area contributed by atoms with Crippen LogP contribution in [0.15, 0.2) is 30.6 Å². The molecule has 0 saturated heterocycles. The molecule has 1 N–H and O–H groups in total. The first-order valence-corrected chi connectivity index (χ1v) is 6.28. The lowest BCUT2D eigenvalue weighted by Crippen LogP contribution is -2.14. The lowest BCUT2D eigenvalue weighted by Gasteiger charge is -1.97. The van der Waals surface area contributed by atoms with Crippen molar-refractivity contribution in [2.75, 3.05) is 0 Å². The molecule has 1 aliphatic rings. The molecule has 16 heavy (non-hydrogen) atoms. The number of nitrogens with zero attached hydrogens (tertiary/aromatic N) is 2. The van der Waals surface area contributed by atoms with Crippen molar-refractivity contribution in [2.45, 2.75) is 25.4 Å². The van der Waals surface area contributed by atoms with Gasteiger partial charge in [0.25, 0.3) is 0 Å². The summed E-state index contributed by atoms with van der Waals surface area (Å²) in [5, 5.41) is 3.49. The minimum atomic E-state index is 0.754. The summed E-state index contributed by atoms with van der Waals surface area (Å²) in [7, 11) is 0. The number of nitrogens with one attached hydrogen (secondary N) is 1. The fourth-order valence-electron chi connectivity index (χ4n) is 1.58. The molecule has 4 heteroatoms. The SMILES string of the molecule is c1cncc(-c2cc(CNC3CC3)sn2)c1. The van der Waals surface area contributed by atoms with E-state index in [4.69, 9.17) is 0 Å². The van der Waals surface area contributed by atoms with Crippen molar-refractivity contribution in [1.29, 1.82) is 0 Å². The Hall–Kier alpha value is -1.26. The van der Waals surface area contributed by atoms with Gasteiger partial charge in [-0.2, -0.15) is 4.37 Å². The van der Waals surface area contributed by atoms with Crippen LogP contribution in [0, 0.1) is 0 Å². The van der Waals surface area contributed by atoms with Gasteiger partial charge in [0.1, 0.15) is 0 Å². The van der Waals surface area contributed by atoms with Gasteiger partial charge in [-0.25, -0.2) is 0 Å². The van der Waals surface area contributed by atoms with Crippen LogP contribution in [0.3, 0.4) is 0 Å². The predicted molar refractivity (Wildman–Crippen MR) is 65.2 cm³/mol. The smallest absolute Gasteiger partial charge is 0.0859 e. The molecule has 0 aliphatic heterocycles. The average Bonchev–Trinajstić information content (AvgIpc) is 3.05. The van der Waals surface area contributed by atoms with Gasteiger partial charge in [0, 0.05) is 35.4 Å². The Morgan fingerprint density at radius 2 is 2.38 bits per heavy atom. The molecular weight excluding hydrogens is 218 g/mol. The molecule has 0 amide bonds. The standard InChI is InChI=1S/C12H13N3S/c1-2-9(7-13-5-1)12-6-11(16-15-12)8-14-10-3-4-10/h1-2,5-7,10,14H,3-4,8H2. The molecule has 1 saturated carbocycles. The minimum Gasteiger partial charge on any atom is -0.309 e. The zero-order valence-corrected chi connectivity index (χ0v) is 9.70. The molecule has 0 aromatic carbocycles. The fourth-order valence-corrected chi connectivity index (χ4v) is 2.26. The number of hydrogen-bond acceptors (Lipinski definition) is 4. The van der Waals surface area contributed by atoms with E-state index < -0.39 is 0 Å². The first-order valence-electron chi connectivity index (χ1n) is 5.51. The summed E-state index contributed by atoms with van der Waals surface area (Å²) in [5.41, 5.74) is 2.13. The van der Waals surface area contributed by atoms with Gasteiger partial charge in [-0.1, -0.05) is 0 Å². The molecular formula is C12H13N3S. The monoisotopic (exact) mass is 231 g/mol. The quantitative estimate of drug-likeness (QED) is 0.878. The highest BCUT2D eigenvalue weighted by Crippen LogP contribution is 2.23. The van der Waals surface area contributed by atoms with E-state index in [-0.39, 0.29) is 0 Å². The van der Waals surface area contributed by atoms with E-state index in [0.717, 1.165) is 23.8 Å². The van der Waals surface area contributed by atoms with Crippen LogP contribution >= 0.6 is 11.5 Å². The highest BCUT2D eigenvalue weighted by atomic mass is 32.1.